The van der Waals surface area contributed by atoms with Crippen molar-refractivity contribution >= 4 is 11.7 Å². The van der Waals surface area contributed by atoms with E-state index in [1.165, 1.54) is 18.6 Å². The van der Waals surface area contributed by atoms with Gasteiger partial charge in [-0.25, -0.2) is 4.39 Å². The number of hydrogen-bond donors (Lipinski definition) is 1. The van der Waals surface area contributed by atoms with E-state index in [4.69, 9.17) is 0 Å². The van der Waals surface area contributed by atoms with Crippen LogP contribution in [0, 0.1) is 5.82 Å². The fourth-order valence-electron chi connectivity index (χ4n) is 4.06. The first kappa shape index (κ1) is 15.3. The van der Waals surface area contributed by atoms with Crippen LogP contribution in [-0.2, 0) is 10.2 Å². The Morgan fingerprint density at radius 1 is 1.05 bits per heavy atom. The van der Waals surface area contributed by atoms with Gasteiger partial charge in [-0.3, -0.25) is 4.79 Å². The van der Waals surface area contributed by atoms with Gasteiger partial charge in [0, 0.05) is 18.8 Å². The Hall–Kier alpha value is -1.58. The molecule has 3 nitrogen and oxygen atoms in total. The molecular formula is C18H24FNO2. The molecule has 1 heterocycles. The average molecular weight is 305 g/mol. The Kier molecular flexibility index (Phi) is 4.37. The number of halogens is 1. The van der Waals surface area contributed by atoms with Crippen molar-refractivity contribution in [3.63, 3.8) is 0 Å². The van der Waals surface area contributed by atoms with Crippen molar-refractivity contribution in [3.8, 4) is 0 Å². The summed E-state index contributed by atoms with van der Waals surface area (Å²) in [5.74, 6) is -1.13. The smallest absolute Gasteiger partial charge is 0.314 e. The van der Waals surface area contributed by atoms with Crippen molar-refractivity contribution in [3.05, 3.63) is 29.6 Å². The van der Waals surface area contributed by atoms with Gasteiger partial charge in [-0.2, -0.15) is 0 Å². The van der Waals surface area contributed by atoms with Gasteiger partial charge in [0.25, 0.3) is 0 Å². The van der Waals surface area contributed by atoms with Crippen LogP contribution < -0.4 is 4.90 Å². The Balaban J connectivity index is 2.06. The molecule has 0 radical (unpaired) electrons. The standard InChI is InChI=1S/C18H24FNO2/c19-14-7-8-16(20-11-5-2-6-12-20)15(13-14)18(17(21)22)9-3-1-4-10-18/h7-8,13H,1-6,9-12H2,(H,21,22). The first-order valence-corrected chi connectivity index (χ1v) is 8.42. The summed E-state index contributed by atoms with van der Waals surface area (Å²) >= 11 is 0. The first-order valence-electron chi connectivity index (χ1n) is 8.42. The van der Waals surface area contributed by atoms with Crippen LogP contribution in [-0.4, -0.2) is 24.2 Å². The SMILES string of the molecule is O=C(O)C1(c2cc(F)ccc2N2CCCCC2)CCCCC1. The molecule has 0 bridgehead atoms. The third-order valence-corrected chi connectivity index (χ3v) is 5.29. The lowest BCUT2D eigenvalue weighted by atomic mass is 9.68. The fraction of sp³-hybridized carbons (Fsp3) is 0.611. The van der Waals surface area contributed by atoms with Gasteiger partial charge in [0.05, 0.1) is 5.41 Å². The molecule has 1 aliphatic heterocycles. The number of rotatable bonds is 3. The normalized spacial score (nSPS) is 21.6. The van der Waals surface area contributed by atoms with E-state index in [9.17, 15) is 14.3 Å². The number of anilines is 1. The predicted molar refractivity (Wildman–Crippen MR) is 84.9 cm³/mol. The maximum absolute atomic E-state index is 13.9. The minimum absolute atomic E-state index is 0.332. The molecule has 1 N–H and O–H groups in total. The molecule has 2 fully saturated rings. The molecular weight excluding hydrogens is 281 g/mol. The number of carbonyl (C=O) groups is 1. The molecule has 120 valence electrons. The third-order valence-electron chi connectivity index (χ3n) is 5.29. The van der Waals surface area contributed by atoms with Gasteiger partial charge in [0.15, 0.2) is 0 Å². The van der Waals surface area contributed by atoms with Gasteiger partial charge in [-0.05, 0) is 55.9 Å². The van der Waals surface area contributed by atoms with Crippen LogP contribution in [0.1, 0.15) is 56.9 Å². The van der Waals surface area contributed by atoms with E-state index in [1.54, 1.807) is 6.07 Å². The Bertz CT molecular complexity index is 546. The van der Waals surface area contributed by atoms with Crippen LogP contribution in [0.4, 0.5) is 10.1 Å². The number of benzene rings is 1. The lowest BCUT2D eigenvalue weighted by molar-refractivity contribution is -0.145. The minimum Gasteiger partial charge on any atom is -0.481 e. The summed E-state index contributed by atoms with van der Waals surface area (Å²) in [6, 6.07) is 4.73. The molecule has 1 saturated heterocycles. The van der Waals surface area contributed by atoms with Crippen molar-refractivity contribution in [1.82, 2.24) is 0 Å². The largest absolute Gasteiger partial charge is 0.481 e. The third kappa shape index (κ3) is 2.71. The van der Waals surface area contributed by atoms with E-state index < -0.39 is 11.4 Å². The summed E-state index contributed by atoms with van der Waals surface area (Å²) in [6.45, 7) is 1.88. The first-order chi connectivity index (χ1) is 10.6. The summed E-state index contributed by atoms with van der Waals surface area (Å²) in [6.07, 6.45) is 7.58. The van der Waals surface area contributed by atoms with Crippen LogP contribution in [0.3, 0.4) is 0 Å². The highest BCUT2D eigenvalue weighted by Gasteiger charge is 2.43. The van der Waals surface area contributed by atoms with E-state index in [0.29, 0.717) is 18.4 Å². The van der Waals surface area contributed by atoms with Crippen molar-refractivity contribution in [1.29, 1.82) is 0 Å². The van der Waals surface area contributed by atoms with Gasteiger partial charge in [-0.15, -0.1) is 0 Å². The molecule has 0 atom stereocenters. The van der Waals surface area contributed by atoms with Crippen LogP contribution in [0.2, 0.25) is 0 Å². The maximum Gasteiger partial charge on any atom is 0.314 e. The van der Waals surface area contributed by atoms with Crippen LogP contribution in [0.5, 0.6) is 0 Å². The van der Waals surface area contributed by atoms with E-state index in [-0.39, 0.29) is 5.82 Å². The number of carboxylic acid groups (broad SMARTS) is 1. The summed E-state index contributed by atoms with van der Waals surface area (Å²) in [7, 11) is 0. The predicted octanol–water partition coefficient (Wildman–Crippen LogP) is 4.10. The number of hydrogen-bond acceptors (Lipinski definition) is 2. The zero-order chi connectivity index (χ0) is 15.6. The van der Waals surface area contributed by atoms with Crippen molar-refractivity contribution in [2.24, 2.45) is 0 Å². The van der Waals surface area contributed by atoms with Gasteiger partial charge in [-0.1, -0.05) is 19.3 Å². The van der Waals surface area contributed by atoms with Gasteiger partial charge >= 0.3 is 5.97 Å². The average Bonchev–Trinajstić information content (AvgIpc) is 2.56. The number of nitrogens with zero attached hydrogens (tertiary/aromatic N) is 1. The second-order valence-corrected chi connectivity index (χ2v) is 6.66. The number of aliphatic carboxylic acids is 1. The lowest BCUT2D eigenvalue weighted by Crippen LogP contribution is -2.40. The Labute approximate surface area is 131 Å². The van der Waals surface area contributed by atoms with E-state index in [2.05, 4.69) is 4.90 Å². The van der Waals surface area contributed by atoms with Crippen molar-refractivity contribution < 1.29 is 14.3 Å². The van der Waals surface area contributed by atoms with Gasteiger partial charge in [0.1, 0.15) is 5.82 Å². The maximum atomic E-state index is 13.9. The summed E-state index contributed by atoms with van der Waals surface area (Å²) in [4.78, 5) is 14.3. The van der Waals surface area contributed by atoms with Crippen molar-refractivity contribution in [2.75, 3.05) is 18.0 Å². The zero-order valence-corrected chi connectivity index (χ0v) is 13.0. The molecule has 0 spiro atoms. The fourth-order valence-corrected chi connectivity index (χ4v) is 4.06. The molecule has 1 aromatic rings. The molecule has 3 rings (SSSR count). The summed E-state index contributed by atoms with van der Waals surface area (Å²) in [5, 5.41) is 9.91. The summed E-state index contributed by atoms with van der Waals surface area (Å²) < 4.78 is 13.9. The van der Waals surface area contributed by atoms with E-state index in [0.717, 1.165) is 50.9 Å². The highest BCUT2D eigenvalue weighted by atomic mass is 19.1. The van der Waals surface area contributed by atoms with Crippen molar-refractivity contribution in [2.45, 2.75) is 56.8 Å². The molecule has 22 heavy (non-hydrogen) atoms. The molecule has 1 aliphatic carbocycles. The quantitative estimate of drug-likeness (QED) is 0.914. The van der Waals surface area contributed by atoms with Gasteiger partial charge < -0.3 is 10.0 Å². The highest BCUT2D eigenvalue weighted by Crippen LogP contribution is 2.44. The molecule has 1 saturated carbocycles. The lowest BCUT2D eigenvalue weighted by Gasteiger charge is -2.38. The summed E-state index contributed by atoms with van der Waals surface area (Å²) in [5.41, 5.74) is 0.722. The van der Waals surface area contributed by atoms with Crippen LogP contribution >= 0.6 is 0 Å². The van der Waals surface area contributed by atoms with E-state index >= 15 is 0 Å². The van der Waals surface area contributed by atoms with Gasteiger partial charge in [0.2, 0.25) is 0 Å². The molecule has 4 heteroatoms. The number of piperidine rings is 1. The second kappa shape index (κ2) is 6.27. The van der Waals surface area contributed by atoms with E-state index in [1.807, 2.05) is 0 Å². The zero-order valence-electron chi connectivity index (χ0n) is 13.0. The van der Waals surface area contributed by atoms with Crippen LogP contribution in [0.25, 0.3) is 0 Å². The molecule has 0 aromatic heterocycles. The Morgan fingerprint density at radius 3 is 2.32 bits per heavy atom. The minimum atomic E-state index is -0.910. The number of carboxylic acids is 1. The topological polar surface area (TPSA) is 40.5 Å². The monoisotopic (exact) mass is 305 g/mol. The Morgan fingerprint density at radius 2 is 1.68 bits per heavy atom. The second-order valence-electron chi connectivity index (χ2n) is 6.66. The molecule has 1 aromatic carbocycles. The highest BCUT2D eigenvalue weighted by molar-refractivity contribution is 5.84. The molecule has 2 aliphatic rings. The van der Waals surface area contributed by atoms with Crippen LogP contribution in [0.15, 0.2) is 18.2 Å². The molecule has 0 amide bonds. The molecule has 0 unspecified atom stereocenters.